The lowest BCUT2D eigenvalue weighted by molar-refractivity contribution is -0.129. The number of carbonyl (C=O) groups excluding carboxylic acids is 1. The van der Waals surface area contributed by atoms with Crippen LogP contribution in [0.15, 0.2) is 24.3 Å². The lowest BCUT2D eigenvalue weighted by atomic mass is 10.1. The van der Waals surface area contributed by atoms with Gasteiger partial charge in [0.15, 0.2) is 0 Å². The Morgan fingerprint density at radius 1 is 1.55 bits per heavy atom. The number of fused-ring (bicyclic) bond motifs is 1. The van der Waals surface area contributed by atoms with E-state index in [4.69, 9.17) is 4.74 Å². The monoisotopic (exact) mass is 291 g/mol. The molecule has 0 saturated carbocycles. The third kappa shape index (κ3) is 2.82. The first kappa shape index (κ1) is 13.5. The van der Waals surface area contributed by atoms with Crippen LogP contribution >= 0.6 is 11.3 Å². The molecule has 0 radical (unpaired) electrons. The van der Waals surface area contributed by atoms with Crippen LogP contribution in [-0.4, -0.2) is 36.2 Å². The molecule has 3 rings (SSSR count). The van der Waals surface area contributed by atoms with Gasteiger partial charge in [0.1, 0.15) is 11.0 Å². The van der Waals surface area contributed by atoms with Gasteiger partial charge in [-0.1, -0.05) is 12.1 Å². The maximum Gasteiger partial charge on any atom is 0.240 e. The minimum atomic E-state index is -0.280. The van der Waals surface area contributed by atoms with Gasteiger partial charge in [-0.15, -0.1) is 11.3 Å². The minimum Gasteiger partial charge on any atom is -0.375 e. The van der Waals surface area contributed by atoms with E-state index < -0.39 is 0 Å². The van der Waals surface area contributed by atoms with Gasteiger partial charge in [-0.05, 0) is 19.1 Å². The molecule has 1 aliphatic heterocycles. The van der Waals surface area contributed by atoms with Crippen LogP contribution in [0.25, 0.3) is 10.2 Å². The van der Waals surface area contributed by atoms with Crippen molar-refractivity contribution in [1.29, 1.82) is 0 Å². The molecule has 5 nitrogen and oxygen atoms in total. The van der Waals surface area contributed by atoms with Gasteiger partial charge in [0.05, 0.1) is 29.5 Å². The molecule has 1 aliphatic rings. The van der Waals surface area contributed by atoms with E-state index >= 15 is 0 Å². The second-order valence-electron chi connectivity index (χ2n) is 4.80. The summed E-state index contributed by atoms with van der Waals surface area (Å²) in [5.74, 6) is -0.0311. The molecule has 2 N–H and O–H groups in total. The van der Waals surface area contributed by atoms with Crippen molar-refractivity contribution < 1.29 is 9.53 Å². The van der Waals surface area contributed by atoms with E-state index in [9.17, 15) is 4.79 Å². The highest BCUT2D eigenvalue weighted by Gasteiger charge is 2.28. The predicted molar refractivity (Wildman–Crippen MR) is 78.7 cm³/mol. The first-order valence-corrected chi connectivity index (χ1v) is 7.53. The standard InChI is InChI=1S/C14H17N3O2S/c1-9-13(15-6-7-19-9)14(18)16-8-12-17-10-4-2-3-5-11(10)20-12/h2-5,9,13,15H,6-8H2,1H3,(H,16,18)/t9-,13+/m1/s1. The van der Waals surface area contributed by atoms with Crippen molar-refractivity contribution in [2.75, 3.05) is 13.2 Å². The van der Waals surface area contributed by atoms with Gasteiger partial charge in [0.25, 0.3) is 0 Å². The fourth-order valence-electron chi connectivity index (χ4n) is 2.30. The number of nitrogens with one attached hydrogen (secondary N) is 2. The van der Waals surface area contributed by atoms with Crippen LogP contribution in [0.4, 0.5) is 0 Å². The van der Waals surface area contributed by atoms with Crippen LogP contribution in [0.3, 0.4) is 0 Å². The van der Waals surface area contributed by atoms with Gasteiger partial charge in [0.2, 0.25) is 5.91 Å². The molecule has 2 atom stereocenters. The van der Waals surface area contributed by atoms with Gasteiger partial charge >= 0.3 is 0 Å². The van der Waals surface area contributed by atoms with Crippen LogP contribution in [0.2, 0.25) is 0 Å². The fraction of sp³-hybridized carbons (Fsp3) is 0.429. The van der Waals surface area contributed by atoms with E-state index in [0.717, 1.165) is 15.2 Å². The molecule has 20 heavy (non-hydrogen) atoms. The van der Waals surface area contributed by atoms with Crippen LogP contribution < -0.4 is 10.6 Å². The molecule has 1 aromatic carbocycles. The fourth-order valence-corrected chi connectivity index (χ4v) is 3.20. The Hall–Kier alpha value is -1.50. The molecule has 1 fully saturated rings. The number of nitrogens with zero attached hydrogens (tertiary/aromatic N) is 1. The number of hydrogen-bond donors (Lipinski definition) is 2. The van der Waals surface area contributed by atoms with Crippen molar-refractivity contribution in [3.63, 3.8) is 0 Å². The second kappa shape index (κ2) is 5.87. The smallest absolute Gasteiger partial charge is 0.240 e. The summed E-state index contributed by atoms with van der Waals surface area (Å²) in [5, 5.41) is 7.02. The molecule has 2 aromatic rings. The average molecular weight is 291 g/mol. The van der Waals surface area contributed by atoms with Crippen molar-refractivity contribution >= 4 is 27.5 Å². The highest BCUT2D eigenvalue weighted by molar-refractivity contribution is 7.18. The van der Waals surface area contributed by atoms with Crippen molar-refractivity contribution in [2.45, 2.75) is 25.6 Å². The lowest BCUT2D eigenvalue weighted by Gasteiger charge is -2.29. The average Bonchev–Trinajstić information content (AvgIpc) is 2.88. The molecular weight excluding hydrogens is 274 g/mol. The van der Waals surface area contributed by atoms with Gasteiger partial charge in [0, 0.05) is 6.54 Å². The predicted octanol–water partition coefficient (Wildman–Crippen LogP) is 1.29. The first-order valence-electron chi connectivity index (χ1n) is 6.71. The molecule has 6 heteroatoms. The van der Waals surface area contributed by atoms with Gasteiger partial charge in [-0.2, -0.15) is 0 Å². The molecule has 106 valence electrons. The Kier molecular flexibility index (Phi) is 3.95. The molecule has 0 aliphatic carbocycles. The van der Waals surface area contributed by atoms with E-state index in [1.54, 1.807) is 11.3 Å². The number of hydrogen-bond acceptors (Lipinski definition) is 5. The largest absolute Gasteiger partial charge is 0.375 e. The van der Waals surface area contributed by atoms with Crippen LogP contribution in [-0.2, 0) is 16.1 Å². The van der Waals surface area contributed by atoms with Crippen LogP contribution in [0, 0.1) is 0 Å². The first-order chi connectivity index (χ1) is 9.74. The van der Waals surface area contributed by atoms with E-state index in [2.05, 4.69) is 15.6 Å². The highest BCUT2D eigenvalue weighted by Crippen LogP contribution is 2.21. The number of aromatic nitrogens is 1. The van der Waals surface area contributed by atoms with Gasteiger partial charge in [-0.3, -0.25) is 4.79 Å². The van der Waals surface area contributed by atoms with Crippen LogP contribution in [0.5, 0.6) is 0 Å². The number of amides is 1. The summed E-state index contributed by atoms with van der Waals surface area (Å²) in [6.07, 6.45) is -0.0980. The van der Waals surface area contributed by atoms with E-state index in [1.165, 1.54) is 0 Å². The quantitative estimate of drug-likeness (QED) is 0.894. The third-order valence-electron chi connectivity index (χ3n) is 3.35. The molecule has 2 heterocycles. The van der Waals surface area contributed by atoms with Crippen molar-refractivity contribution in [2.24, 2.45) is 0 Å². The molecule has 0 spiro atoms. The van der Waals surface area contributed by atoms with Crippen molar-refractivity contribution in [3.8, 4) is 0 Å². The Morgan fingerprint density at radius 3 is 3.20 bits per heavy atom. The van der Waals surface area contributed by atoms with E-state index in [-0.39, 0.29) is 18.1 Å². The third-order valence-corrected chi connectivity index (χ3v) is 4.39. The van der Waals surface area contributed by atoms with Crippen molar-refractivity contribution in [3.05, 3.63) is 29.3 Å². The topological polar surface area (TPSA) is 63.2 Å². The number of morpholine rings is 1. The molecule has 1 amide bonds. The summed E-state index contributed by atoms with van der Waals surface area (Å²) >= 11 is 1.61. The SMILES string of the molecule is C[C@H]1OCCN[C@@H]1C(=O)NCc1nc2ccccc2s1. The summed E-state index contributed by atoms with van der Waals surface area (Å²) in [7, 11) is 0. The number of benzene rings is 1. The van der Waals surface area contributed by atoms with E-state index in [0.29, 0.717) is 19.7 Å². The number of para-hydroxylation sites is 1. The normalized spacial score (nSPS) is 22.9. The number of thiazole rings is 1. The highest BCUT2D eigenvalue weighted by atomic mass is 32.1. The van der Waals surface area contributed by atoms with Crippen molar-refractivity contribution in [1.82, 2.24) is 15.6 Å². The maximum atomic E-state index is 12.1. The Labute approximate surface area is 121 Å². The Bertz CT molecular complexity index is 580. The molecule has 0 unspecified atom stereocenters. The Morgan fingerprint density at radius 2 is 2.40 bits per heavy atom. The Balaban J connectivity index is 1.62. The molecule has 1 saturated heterocycles. The maximum absolute atomic E-state index is 12.1. The number of rotatable bonds is 3. The lowest BCUT2D eigenvalue weighted by Crippen LogP contribution is -2.55. The zero-order valence-electron chi connectivity index (χ0n) is 11.3. The molecule has 0 bridgehead atoms. The summed E-state index contributed by atoms with van der Waals surface area (Å²) in [6, 6.07) is 7.70. The molecule has 1 aromatic heterocycles. The van der Waals surface area contributed by atoms with Gasteiger partial charge in [-0.25, -0.2) is 4.98 Å². The second-order valence-corrected chi connectivity index (χ2v) is 5.92. The molecular formula is C14H17N3O2S. The summed E-state index contributed by atoms with van der Waals surface area (Å²) in [6.45, 7) is 3.74. The zero-order valence-corrected chi connectivity index (χ0v) is 12.1. The number of carbonyl (C=O) groups is 1. The van der Waals surface area contributed by atoms with Gasteiger partial charge < -0.3 is 15.4 Å². The summed E-state index contributed by atoms with van der Waals surface area (Å²) < 4.78 is 6.62. The number of ether oxygens (including phenoxy) is 1. The summed E-state index contributed by atoms with van der Waals surface area (Å²) in [4.78, 5) is 16.6. The summed E-state index contributed by atoms with van der Waals surface area (Å²) in [5.41, 5.74) is 0.981. The minimum absolute atomic E-state index is 0.0311. The zero-order chi connectivity index (χ0) is 13.9. The van der Waals surface area contributed by atoms with E-state index in [1.807, 2.05) is 31.2 Å². The van der Waals surface area contributed by atoms with Crippen LogP contribution in [0.1, 0.15) is 11.9 Å².